The molecule has 1 aromatic rings. The van der Waals surface area contributed by atoms with Crippen molar-refractivity contribution in [3.63, 3.8) is 0 Å². The van der Waals surface area contributed by atoms with Gasteiger partial charge in [-0.15, -0.1) is 0 Å². The van der Waals surface area contributed by atoms with Crippen molar-refractivity contribution >= 4 is 17.6 Å². The van der Waals surface area contributed by atoms with E-state index in [0.29, 0.717) is 0 Å². The smallest absolute Gasteiger partial charge is 0.325 e. The second-order valence-corrected chi connectivity index (χ2v) is 3.54. The Balaban J connectivity index is 2.77. The molecule has 0 N–H and O–H groups in total. The molecule has 0 heterocycles. The summed E-state index contributed by atoms with van der Waals surface area (Å²) < 4.78 is 4.44. The van der Waals surface area contributed by atoms with Gasteiger partial charge in [0.05, 0.1) is 12.0 Å². The molecule has 0 aliphatic rings. The van der Waals surface area contributed by atoms with Crippen LogP contribution >= 0.6 is 0 Å². The molecule has 1 aromatic carbocycles. The normalized spacial score (nSPS) is 9.67. The summed E-state index contributed by atoms with van der Waals surface area (Å²) in [7, 11) is 2.67. The van der Waals surface area contributed by atoms with E-state index in [1.807, 2.05) is 0 Å². The zero-order chi connectivity index (χ0) is 13.7. The third-order valence-electron chi connectivity index (χ3n) is 2.27. The molecule has 0 spiro atoms. The summed E-state index contributed by atoms with van der Waals surface area (Å²) in [5, 5.41) is 10.4. The molecule has 7 heteroatoms. The van der Waals surface area contributed by atoms with Crippen molar-refractivity contribution in [3.05, 3.63) is 39.9 Å². The number of likely N-dealkylation sites (N-methyl/N-ethyl adjacent to an activating group) is 1. The summed E-state index contributed by atoms with van der Waals surface area (Å²) >= 11 is 0. The lowest BCUT2D eigenvalue weighted by Crippen LogP contribution is -2.32. The molecule has 0 saturated carbocycles. The minimum Gasteiger partial charge on any atom is -0.468 e. The van der Waals surface area contributed by atoms with Gasteiger partial charge >= 0.3 is 5.97 Å². The molecule has 0 aliphatic carbocycles. The fraction of sp³-hybridized carbons (Fsp3) is 0.273. The lowest BCUT2D eigenvalue weighted by molar-refractivity contribution is -0.384. The zero-order valence-corrected chi connectivity index (χ0v) is 9.95. The van der Waals surface area contributed by atoms with Crippen molar-refractivity contribution in [1.82, 2.24) is 4.90 Å². The summed E-state index contributed by atoms with van der Waals surface area (Å²) in [5.74, 6) is -0.942. The summed E-state index contributed by atoms with van der Waals surface area (Å²) in [4.78, 5) is 33.9. The lowest BCUT2D eigenvalue weighted by Gasteiger charge is -2.15. The zero-order valence-electron chi connectivity index (χ0n) is 9.95. The van der Waals surface area contributed by atoms with E-state index in [1.165, 1.54) is 43.3 Å². The fourth-order valence-electron chi connectivity index (χ4n) is 1.28. The molecule has 0 atom stereocenters. The van der Waals surface area contributed by atoms with E-state index in [-0.39, 0.29) is 17.8 Å². The van der Waals surface area contributed by atoms with Crippen LogP contribution < -0.4 is 0 Å². The minimum absolute atomic E-state index is 0.0952. The number of non-ortho nitro benzene ring substituents is 1. The van der Waals surface area contributed by atoms with E-state index < -0.39 is 16.8 Å². The van der Waals surface area contributed by atoms with E-state index in [0.717, 1.165) is 0 Å². The van der Waals surface area contributed by atoms with Gasteiger partial charge in [0.2, 0.25) is 0 Å². The second kappa shape index (κ2) is 5.76. The third-order valence-corrected chi connectivity index (χ3v) is 2.27. The number of benzene rings is 1. The number of nitro groups is 1. The molecule has 1 amide bonds. The maximum absolute atomic E-state index is 11.8. The van der Waals surface area contributed by atoms with Crippen LogP contribution in [0, 0.1) is 10.1 Å². The fourth-order valence-corrected chi connectivity index (χ4v) is 1.28. The van der Waals surface area contributed by atoms with Gasteiger partial charge in [-0.3, -0.25) is 19.7 Å². The third kappa shape index (κ3) is 3.27. The number of rotatable bonds is 4. The van der Waals surface area contributed by atoms with Gasteiger partial charge < -0.3 is 9.64 Å². The molecule has 0 fully saturated rings. The number of esters is 1. The van der Waals surface area contributed by atoms with E-state index >= 15 is 0 Å². The monoisotopic (exact) mass is 252 g/mol. The van der Waals surface area contributed by atoms with Crippen LogP contribution in [-0.4, -0.2) is 42.4 Å². The van der Waals surface area contributed by atoms with Crippen LogP contribution in [0.2, 0.25) is 0 Å². The highest BCUT2D eigenvalue weighted by molar-refractivity contribution is 5.95. The van der Waals surface area contributed by atoms with Crippen LogP contribution in [-0.2, 0) is 9.53 Å². The highest BCUT2D eigenvalue weighted by atomic mass is 16.6. The lowest BCUT2D eigenvalue weighted by atomic mass is 10.2. The molecule has 96 valence electrons. The first-order valence-corrected chi connectivity index (χ1v) is 5.02. The van der Waals surface area contributed by atoms with Gasteiger partial charge in [0.1, 0.15) is 6.54 Å². The number of carbonyl (C=O) groups excluding carboxylic acids is 2. The van der Waals surface area contributed by atoms with E-state index in [4.69, 9.17) is 0 Å². The largest absolute Gasteiger partial charge is 0.468 e. The Morgan fingerprint density at radius 3 is 2.33 bits per heavy atom. The summed E-state index contributed by atoms with van der Waals surface area (Å²) in [5.41, 5.74) is 0.175. The first-order chi connectivity index (χ1) is 8.45. The van der Waals surface area contributed by atoms with Crippen LogP contribution in [0.4, 0.5) is 5.69 Å². The van der Waals surface area contributed by atoms with Gasteiger partial charge in [-0.25, -0.2) is 0 Å². The number of hydrogen-bond acceptors (Lipinski definition) is 5. The minimum atomic E-state index is -0.549. The number of carbonyl (C=O) groups is 2. The topological polar surface area (TPSA) is 89.8 Å². The van der Waals surface area contributed by atoms with Crippen molar-refractivity contribution in [2.75, 3.05) is 20.7 Å². The molecule has 0 radical (unpaired) electrons. The van der Waals surface area contributed by atoms with Crippen LogP contribution in [0.3, 0.4) is 0 Å². The predicted molar refractivity (Wildman–Crippen MR) is 62.1 cm³/mol. The Bertz CT molecular complexity index is 469. The molecule has 0 bridgehead atoms. The van der Waals surface area contributed by atoms with E-state index in [2.05, 4.69) is 4.74 Å². The Hall–Kier alpha value is -2.44. The number of nitrogens with zero attached hydrogens (tertiary/aromatic N) is 2. The predicted octanol–water partition coefficient (Wildman–Crippen LogP) is 0.840. The SMILES string of the molecule is COC(=O)CN(C)C(=O)c1ccc([N+](=O)[O-])cc1. The van der Waals surface area contributed by atoms with Crippen LogP contribution in [0.5, 0.6) is 0 Å². The van der Waals surface area contributed by atoms with Gasteiger partial charge in [-0.2, -0.15) is 0 Å². The first kappa shape index (κ1) is 13.6. The summed E-state index contributed by atoms with van der Waals surface area (Å²) in [6.45, 7) is -0.174. The average molecular weight is 252 g/mol. The molecule has 1 rings (SSSR count). The maximum atomic E-state index is 11.8. The van der Waals surface area contributed by atoms with Crippen molar-refractivity contribution in [1.29, 1.82) is 0 Å². The Labute approximate surface area is 103 Å². The Morgan fingerprint density at radius 2 is 1.89 bits per heavy atom. The Kier molecular flexibility index (Phi) is 4.36. The van der Waals surface area contributed by atoms with Gasteiger partial charge in [0.15, 0.2) is 0 Å². The van der Waals surface area contributed by atoms with E-state index in [1.54, 1.807) is 0 Å². The van der Waals surface area contributed by atoms with Crippen molar-refractivity contribution in [2.45, 2.75) is 0 Å². The maximum Gasteiger partial charge on any atom is 0.325 e. The molecule has 7 nitrogen and oxygen atoms in total. The van der Waals surface area contributed by atoms with Crippen LogP contribution in [0.1, 0.15) is 10.4 Å². The van der Waals surface area contributed by atoms with Gasteiger partial charge in [0.25, 0.3) is 11.6 Å². The van der Waals surface area contributed by atoms with Crippen LogP contribution in [0.25, 0.3) is 0 Å². The highest BCUT2D eigenvalue weighted by Crippen LogP contribution is 2.13. The average Bonchev–Trinajstić information content (AvgIpc) is 2.37. The molecule has 0 unspecified atom stereocenters. The molecule has 0 aliphatic heterocycles. The van der Waals surface area contributed by atoms with Crippen molar-refractivity contribution < 1.29 is 19.2 Å². The molecule has 0 aromatic heterocycles. The summed E-state index contributed by atoms with van der Waals surface area (Å²) in [6, 6.07) is 5.15. The highest BCUT2D eigenvalue weighted by Gasteiger charge is 2.16. The molecular weight excluding hydrogens is 240 g/mol. The number of hydrogen-bond donors (Lipinski definition) is 0. The van der Waals surface area contributed by atoms with Gasteiger partial charge in [0, 0.05) is 24.7 Å². The Morgan fingerprint density at radius 1 is 1.33 bits per heavy atom. The van der Waals surface area contributed by atoms with Crippen LogP contribution in [0.15, 0.2) is 24.3 Å². The quantitative estimate of drug-likeness (QED) is 0.450. The number of ether oxygens (including phenoxy) is 1. The number of methoxy groups -OCH3 is 1. The molecular formula is C11H12N2O5. The van der Waals surface area contributed by atoms with Gasteiger partial charge in [-0.1, -0.05) is 0 Å². The van der Waals surface area contributed by atoms with E-state index in [9.17, 15) is 19.7 Å². The number of nitro benzene ring substituents is 1. The standard InChI is InChI=1S/C11H12N2O5/c1-12(7-10(14)18-2)11(15)8-3-5-9(6-4-8)13(16)17/h3-6H,7H2,1-2H3. The van der Waals surface area contributed by atoms with Crippen molar-refractivity contribution in [2.24, 2.45) is 0 Å². The van der Waals surface area contributed by atoms with Crippen molar-refractivity contribution in [3.8, 4) is 0 Å². The van der Waals surface area contributed by atoms with Gasteiger partial charge in [-0.05, 0) is 12.1 Å². The second-order valence-electron chi connectivity index (χ2n) is 3.54. The number of amides is 1. The molecule has 0 saturated heterocycles. The summed E-state index contributed by atoms with van der Waals surface area (Å²) in [6.07, 6.45) is 0. The molecule has 18 heavy (non-hydrogen) atoms. The first-order valence-electron chi connectivity index (χ1n) is 5.02.